The van der Waals surface area contributed by atoms with E-state index in [-0.39, 0.29) is 0 Å². The maximum atomic E-state index is 6.50. The fourth-order valence-corrected chi connectivity index (χ4v) is 5.71. The summed E-state index contributed by atoms with van der Waals surface area (Å²) in [6.45, 7) is 0. The Kier molecular flexibility index (Phi) is 5.89. The average Bonchev–Trinajstić information content (AvgIpc) is 2.57. The van der Waals surface area contributed by atoms with Gasteiger partial charge in [0.2, 0.25) is 0 Å². The van der Waals surface area contributed by atoms with E-state index in [1.807, 2.05) is 0 Å². The molecule has 0 aromatic heterocycles. The molecule has 21 heavy (non-hydrogen) atoms. The molecule has 0 unspecified atom stereocenters. The molecule has 0 aliphatic heterocycles. The SMILES string of the molecule is c1ccc([SiH](OC2CCCCC2)OC2CCCCC2)cc1. The molecule has 0 saturated heterocycles. The van der Waals surface area contributed by atoms with Crippen LogP contribution in [0.4, 0.5) is 0 Å². The third-order valence-electron chi connectivity index (χ3n) is 4.81. The van der Waals surface area contributed by atoms with Crippen molar-refractivity contribution in [2.24, 2.45) is 0 Å². The maximum absolute atomic E-state index is 6.50. The summed E-state index contributed by atoms with van der Waals surface area (Å²) in [7, 11) is -1.74. The summed E-state index contributed by atoms with van der Waals surface area (Å²) in [6.07, 6.45) is 13.8. The van der Waals surface area contributed by atoms with Crippen molar-refractivity contribution in [3.05, 3.63) is 30.3 Å². The van der Waals surface area contributed by atoms with Gasteiger partial charge in [0.25, 0.3) is 0 Å². The Labute approximate surface area is 130 Å². The zero-order chi connectivity index (χ0) is 14.3. The fraction of sp³-hybridized carbons (Fsp3) is 0.667. The van der Waals surface area contributed by atoms with Crippen LogP contribution in [-0.4, -0.2) is 21.5 Å². The number of hydrogen-bond acceptors (Lipinski definition) is 2. The summed E-state index contributed by atoms with van der Waals surface area (Å²) in [5.74, 6) is 0. The molecule has 2 aliphatic rings. The van der Waals surface area contributed by atoms with E-state index in [0.29, 0.717) is 12.2 Å². The standard InChI is InChI=1S/C18H28O2Si/c1-4-10-16(11-5-1)19-21(18-14-8-3-9-15-18)20-17-12-6-2-7-13-17/h3,8-9,14-17,21H,1-2,4-7,10-13H2. The van der Waals surface area contributed by atoms with E-state index in [1.54, 1.807) is 0 Å². The lowest BCUT2D eigenvalue weighted by Crippen LogP contribution is -2.43. The van der Waals surface area contributed by atoms with Gasteiger partial charge in [0.15, 0.2) is 0 Å². The van der Waals surface area contributed by atoms with Crippen molar-refractivity contribution in [1.82, 2.24) is 0 Å². The van der Waals surface area contributed by atoms with Crippen LogP contribution < -0.4 is 5.19 Å². The van der Waals surface area contributed by atoms with Gasteiger partial charge in [-0.3, -0.25) is 0 Å². The van der Waals surface area contributed by atoms with Gasteiger partial charge in [-0.1, -0.05) is 68.9 Å². The molecule has 0 heterocycles. The molecule has 1 aromatic carbocycles. The molecule has 2 saturated carbocycles. The maximum Gasteiger partial charge on any atom is 0.356 e. The Morgan fingerprint density at radius 2 is 1.14 bits per heavy atom. The van der Waals surface area contributed by atoms with Gasteiger partial charge in [-0.25, -0.2) is 0 Å². The molecule has 3 heteroatoms. The van der Waals surface area contributed by atoms with E-state index in [9.17, 15) is 0 Å². The molecule has 0 bridgehead atoms. The quantitative estimate of drug-likeness (QED) is 0.770. The van der Waals surface area contributed by atoms with Crippen molar-refractivity contribution in [1.29, 1.82) is 0 Å². The molecule has 0 spiro atoms. The third-order valence-corrected chi connectivity index (χ3v) is 7.00. The van der Waals surface area contributed by atoms with Crippen LogP contribution in [0.25, 0.3) is 0 Å². The Morgan fingerprint density at radius 1 is 0.667 bits per heavy atom. The van der Waals surface area contributed by atoms with Gasteiger partial charge in [0.1, 0.15) is 0 Å². The summed E-state index contributed by atoms with van der Waals surface area (Å²) in [5.41, 5.74) is 0. The minimum Gasteiger partial charge on any atom is -0.390 e. The lowest BCUT2D eigenvalue weighted by atomic mass is 9.98. The van der Waals surface area contributed by atoms with E-state index in [2.05, 4.69) is 30.3 Å². The van der Waals surface area contributed by atoms with E-state index in [1.165, 1.54) is 69.4 Å². The summed E-state index contributed by atoms with van der Waals surface area (Å²) in [6, 6.07) is 10.7. The van der Waals surface area contributed by atoms with Gasteiger partial charge < -0.3 is 8.85 Å². The van der Waals surface area contributed by atoms with Gasteiger partial charge in [-0.15, -0.1) is 0 Å². The molecule has 0 amide bonds. The van der Waals surface area contributed by atoms with Crippen LogP contribution in [0.3, 0.4) is 0 Å². The summed E-state index contributed by atoms with van der Waals surface area (Å²) >= 11 is 0. The van der Waals surface area contributed by atoms with Crippen LogP contribution in [0, 0.1) is 0 Å². The van der Waals surface area contributed by atoms with Crippen LogP contribution in [0.5, 0.6) is 0 Å². The van der Waals surface area contributed by atoms with Crippen molar-refractivity contribution in [3.8, 4) is 0 Å². The van der Waals surface area contributed by atoms with Crippen molar-refractivity contribution < 1.29 is 8.85 Å². The first-order chi connectivity index (χ1) is 10.4. The van der Waals surface area contributed by atoms with Gasteiger partial charge in [0, 0.05) is 12.2 Å². The summed E-state index contributed by atoms with van der Waals surface area (Å²) < 4.78 is 13.0. The van der Waals surface area contributed by atoms with Crippen molar-refractivity contribution in [2.75, 3.05) is 0 Å². The van der Waals surface area contributed by atoms with Crippen molar-refractivity contribution in [2.45, 2.75) is 76.4 Å². The summed E-state index contributed by atoms with van der Waals surface area (Å²) in [5, 5.41) is 1.31. The highest BCUT2D eigenvalue weighted by Gasteiger charge is 2.27. The molecule has 0 N–H and O–H groups in total. The molecule has 2 fully saturated rings. The minimum atomic E-state index is -1.74. The van der Waals surface area contributed by atoms with Gasteiger partial charge in [0.05, 0.1) is 0 Å². The number of hydrogen-bond donors (Lipinski definition) is 0. The van der Waals surface area contributed by atoms with Gasteiger partial charge >= 0.3 is 9.28 Å². The zero-order valence-corrected chi connectivity index (χ0v) is 14.2. The second kappa shape index (κ2) is 8.11. The Bertz CT molecular complexity index is 377. The highest BCUT2D eigenvalue weighted by atomic mass is 28.3. The third kappa shape index (κ3) is 4.66. The molecule has 0 radical (unpaired) electrons. The lowest BCUT2D eigenvalue weighted by molar-refractivity contribution is 0.0727. The van der Waals surface area contributed by atoms with Crippen LogP contribution in [0.15, 0.2) is 30.3 Å². The van der Waals surface area contributed by atoms with E-state index in [4.69, 9.17) is 8.85 Å². The lowest BCUT2D eigenvalue weighted by Gasteiger charge is -2.31. The molecule has 116 valence electrons. The minimum absolute atomic E-state index is 0.444. The molecule has 2 nitrogen and oxygen atoms in total. The molecular weight excluding hydrogens is 276 g/mol. The molecule has 1 aromatic rings. The second-order valence-electron chi connectivity index (χ2n) is 6.53. The van der Waals surface area contributed by atoms with Crippen LogP contribution >= 0.6 is 0 Å². The van der Waals surface area contributed by atoms with E-state index >= 15 is 0 Å². The summed E-state index contributed by atoms with van der Waals surface area (Å²) in [4.78, 5) is 0. The number of rotatable bonds is 5. The monoisotopic (exact) mass is 304 g/mol. The first kappa shape index (κ1) is 15.3. The zero-order valence-electron chi connectivity index (χ0n) is 13.0. The van der Waals surface area contributed by atoms with Crippen molar-refractivity contribution >= 4 is 14.5 Å². The normalized spacial score (nSPS) is 21.8. The Morgan fingerprint density at radius 3 is 1.62 bits per heavy atom. The van der Waals surface area contributed by atoms with Crippen LogP contribution in [-0.2, 0) is 8.85 Å². The smallest absolute Gasteiger partial charge is 0.356 e. The predicted octanol–water partition coefficient (Wildman–Crippen LogP) is 3.81. The van der Waals surface area contributed by atoms with E-state index in [0.717, 1.165) is 0 Å². The highest BCUT2D eigenvalue weighted by Crippen LogP contribution is 2.24. The average molecular weight is 305 g/mol. The van der Waals surface area contributed by atoms with Crippen molar-refractivity contribution in [3.63, 3.8) is 0 Å². The first-order valence-corrected chi connectivity index (χ1v) is 10.3. The first-order valence-electron chi connectivity index (χ1n) is 8.78. The molecular formula is C18H28O2Si. The molecule has 0 atom stereocenters. The fourth-order valence-electron chi connectivity index (χ4n) is 3.55. The van der Waals surface area contributed by atoms with E-state index < -0.39 is 9.28 Å². The largest absolute Gasteiger partial charge is 0.390 e. The number of benzene rings is 1. The molecule has 3 rings (SSSR count). The second-order valence-corrected chi connectivity index (χ2v) is 8.41. The predicted molar refractivity (Wildman–Crippen MR) is 89.1 cm³/mol. The Hall–Kier alpha value is -0.643. The Balaban J connectivity index is 1.64. The van der Waals surface area contributed by atoms with Gasteiger partial charge in [-0.05, 0) is 30.9 Å². The topological polar surface area (TPSA) is 18.5 Å². The molecule has 2 aliphatic carbocycles. The van der Waals surface area contributed by atoms with Crippen LogP contribution in [0.1, 0.15) is 64.2 Å². The highest BCUT2D eigenvalue weighted by molar-refractivity contribution is 6.61. The van der Waals surface area contributed by atoms with Gasteiger partial charge in [-0.2, -0.15) is 0 Å². The van der Waals surface area contributed by atoms with Crippen LogP contribution in [0.2, 0.25) is 0 Å².